The maximum Gasteiger partial charge on any atom is 0.228 e. The number of H-pyrrole nitrogens is 2. The number of nitrogens with one attached hydrogen (secondary N) is 3. The summed E-state index contributed by atoms with van der Waals surface area (Å²) >= 11 is 0. The zero-order chi connectivity index (χ0) is 15.8. The number of hydrogen-bond donors (Lipinski definition) is 3. The number of fused-ring (bicyclic) bond motifs is 2. The minimum absolute atomic E-state index is 0.00672. The fourth-order valence-corrected chi connectivity index (χ4v) is 3.02. The molecular formula is C19H17N3O. The number of anilines is 1. The highest BCUT2D eigenvalue weighted by Crippen LogP contribution is 2.27. The van der Waals surface area contributed by atoms with Crippen LogP contribution in [-0.2, 0) is 11.2 Å². The first kappa shape index (κ1) is 13.6. The molecule has 114 valence electrons. The van der Waals surface area contributed by atoms with E-state index in [1.165, 1.54) is 0 Å². The minimum Gasteiger partial charge on any atom is -0.361 e. The summed E-state index contributed by atoms with van der Waals surface area (Å²) in [7, 11) is 0. The number of benzene rings is 2. The van der Waals surface area contributed by atoms with Gasteiger partial charge in [-0.05, 0) is 42.1 Å². The number of amides is 1. The lowest BCUT2D eigenvalue weighted by Gasteiger charge is -2.06. The van der Waals surface area contributed by atoms with Gasteiger partial charge < -0.3 is 15.3 Å². The topological polar surface area (TPSA) is 60.7 Å². The molecule has 0 saturated heterocycles. The summed E-state index contributed by atoms with van der Waals surface area (Å²) in [6.07, 6.45) is 2.27. The van der Waals surface area contributed by atoms with Crippen LogP contribution in [-0.4, -0.2) is 15.9 Å². The van der Waals surface area contributed by atoms with E-state index in [0.29, 0.717) is 6.42 Å². The number of aromatic nitrogens is 2. The molecule has 2 heterocycles. The average Bonchev–Trinajstić information content (AvgIpc) is 3.12. The third-order valence-electron chi connectivity index (χ3n) is 4.14. The second-order valence-electron chi connectivity index (χ2n) is 5.79. The summed E-state index contributed by atoms with van der Waals surface area (Å²) in [5, 5.41) is 5.21. The van der Waals surface area contributed by atoms with E-state index in [1.807, 2.05) is 61.7 Å². The van der Waals surface area contributed by atoms with Crippen molar-refractivity contribution in [2.24, 2.45) is 0 Å². The van der Waals surface area contributed by atoms with Crippen LogP contribution in [0.2, 0.25) is 0 Å². The van der Waals surface area contributed by atoms with E-state index in [4.69, 9.17) is 0 Å². The molecule has 2 aromatic carbocycles. The van der Waals surface area contributed by atoms with Crippen molar-refractivity contribution in [3.63, 3.8) is 0 Å². The molecule has 0 radical (unpaired) electrons. The monoisotopic (exact) mass is 303 g/mol. The molecule has 2 aromatic heterocycles. The Labute approximate surface area is 133 Å². The molecule has 23 heavy (non-hydrogen) atoms. The number of aromatic amines is 2. The SMILES string of the molecule is Cc1[nH]c2ccccc2c1NC(=O)Cc1ccc2[nH]ccc2c1. The lowest BCUT2D eigenvalue weighted by atomic mass is 10.1. The molecule has 0 fully saturated rings. The zero-order valence-corrected chi connectivity index (χ0v) is 12.8. The second-order valence-corrected chi connectivity index (χ2v) is 5.79. The van der Waals surface area contributed by atoms with Crippen LogP contribution >= 0.6 is 0 Å². The molecule has 4 rings (SSSR count). The quantitative estimate of drug-likeness (QED) is 0.523. The van der Waals surface area contributed by atoms with Crippen molar-refractivity contribution in [3.05, 3.63) is 66.0 Å². The van der Waals surface area contributed by atoms with E-state index < -0.39 is 0 Å². The molecule has 0 atom stereocenters. The third-order valence-corrected chi connectivity index (χ3v) is 4.14. The highest BCUT2D eigenvalue weighted by Gasteiger charge is 2.11. The predicted molar refractivity (Wildman–Crippen MR) is 93.7 cm³/mol. The fraction of sp³-hybridized carbons (Fsp3) is 0.105. The van der Waals surface area contributed by atoms with Crippen molar-refractivity contribution in [1.82, 2.24) is 9.97 Å². The van der Waals surface area contributed by atoms with Gasteiger partial charge in [-0.2, -0.15) is 0 Å². The van der Waals surface area contributed by atoms with Crippen LogP contribution in [0, 0.1) is 6.92 Å². The first-order chi connectivity index (χ1) is 11.2. The van der Waals surface area contributed by atoms with Crippen LogP contribution in [0.15, 0.2) is 54.7 Å². The van der Waals surface area contributed by atoms with Crippen molar-refractivity contribution in [1.29, 1.82) is 0 Å². The summed E-state index contributed by atoms with van der Waals surface area (Å²) in [5.74, 6) is -0.00672. The summed E-state index contributed by atoms with van der Waals surface area (Å²) in [6, 6.07) is 16.0. The van der Waals surface area contributed by atoms with Gasteiger partial charge in [0.05, 0.1) is 12.1 Å². The lowest BCUT2D eigenvalue weighted by Crippen LogP contribution is -2.14. The predicted octanol–water partition coefficient (Wildman–Crippen LogP) is 4.14. The second kappa shape index (κ2) is 5.32. The molecule has 4 heteroatoms. The number of carbonyl (C=O) groups excluding carboxylic acids is 1. The smallest absolute Gasteiger partial charge is 0.228 e. The Hall–Kier alpha value is -3.01. The molecule has 0 spiro atoms. The molecule has 0 unspecified atom stereocenters. The number of rotatable bonds is 3. The molecule has 3 N–H and O–H groups in total. The number of hydrogen-bond acceptors (Lipinski definition) is 1. The third kappa shape index (κ3) is 2.48. The van der Waals surface area contributed by atoms with Gasteiger partial charge in [-0.1, -0.05) is 24.3 Å². The van der Waals surface area contributed by atoms with Crippen LogP contribution in [0.1, 0.15) is 11.3 Å². The van der Waals surface area contributed by atoms with Crippen LogP contribution in [0.25, 0.3) is 21.8 Å². The van der Waals surface area contributed by atoms with Crippen molar-refractivity contribution in [2.75, 3.05) is 5.32 Å². The molecule has 1 amide bonds. The summed E-state index contributed by atoms with van der Waals surface area (Å²) in [4.78, 5) is 18.9. The van der Waals surface area contributed by atoms with E-state index in [-0.39, 0.29) is 5.91 Å². The molecule has 4 aromatic rings. The zero-order valence-electron chi connectivity index (χ0n) is 12.8. The van der Waals surface area contributed by atoms with Gasteiger partial charge in [-0.3, -0.25) is 4.79 Å². The van der Waals surface area contributed by atoms with Crippen LogP contribution in [0.3, 0.4) is 0 Å². The number of carbonyl (C=O) groups is 1. The van der Waals surface area contributed by atoms with Crippen molar-refractivity contribution in [3.8, 4) is 0 Å². The standard InChI is InChI=1S/C19H17N3O/c1-12-19(15-4-2-3-5-17(15)21-12)22-18(23)11-13-6-7-16-14(10-13)8-9-20-16/h2-10,20-21H,11H2,1H3,(H,22,23). The Bertz CT molecular complexity index is 1010. The maximum absolute atomic E-state index is 12.4. The lowest BCUT2D eigenvalue weighted by molar-refractivity contribution is -0.115. The summed E-state index contributed by atoms with van der Waals surface area (Å²) in [6.45, 7) is 1.97. The minimum atomic E-state index is -0.00672. The van der Waals surface area contributed by atoms with Gasteiger partial charge in [0.15, 0.2) is 0 Å². The molecular weight excluding hydrogens is 286 g/mol. The Balaban J connectivity index is 1.58. The van der Waals surface area contributed by atoms with Gasteiger partial charge in [-0.15, -0.1) is 0 Å². The van der Waals surface area contributed by atoms with Gasteiger partial charge in [0, 0.05) is 28.3 Å². The van der Waals surface area contributed by atoms with Crippen molar-refractivity contribution >= 4 is 33.4 Å². The Morgan fingerprint density at radius 2 is 1.96 bits per heavy atom. The van der Waals surface area contributed by atoms with Crippen LogP contribution in [0.4, 0.5) is 5.69 Å². The summed E-state index contributed by atoms with van der Waals surface area (Å²) < 4.78 is 0. The van der Waals surface area contributed by atoms with Gasteiger partial charge in [0.1, 0.15) is 0 Å². The first-order valence-electron chi connectivity index (χ1n) is 7.64. The fourth-order valence-electron chi connectivity index (χ4n) is 3.02. The highest BCUT2D eigenvalue weighted by molar-refractivity contribution is 6.03. The van der Waals surface area contributed by atoms with Crippen molar-refractivity contribution in [2.45, 2.75) is 13.3 Å². The first-order valence-corrected chi connectivity index (χ1v) is 7.64. The van der Waals surface area contributed by atoms with E-state index >= 15 is 0 Å². The maximum atomic E-state index is 12.4. The van der Waals surface area contributed by atoms with E-state index in [2.05, 4.69) is 15.3 Å². The van der Waals surface area contributed by atoms with Gasteiger partial charge in [0.25, 0.3) is 0 Å². The molecule has 4 nitrogen and oxygen atoms in total. The highest BCUT2D eigenvalue weighted by atomic mass is 16.1. The van der Waals surface area contributed by atoms with E-state index in [1.54, 1.807) is 0 Å². The number of para-hydroxylation sites is 1. The Morgan fingerprint density at radius 3 is 2.87 bits per heavy atom. The molecule has 0 aliphatic heterocycles. The van der Waals surface area contributed by atoms with Crippen LogP contribution < -0.4 is 5.32 Å². The van der Waals surface area contributed by atoms with Crippen molar-refractivity contribution < 1.29 is 4.79 Å². The van der Waals surface area contributed by atoms with Gasteiger partial charge in [0.2, 0.25) is 5.91 Å². The summed E-state index contributed by atoms with van der Waals surface area (Å²) in [5.41, 5.74) is 4.97. The molecule has 0 bridgehead atoms. The normalized spacial score (nSPS) is 11.2. The molecule has 0 aliphatic rings. The van der Waals surface area contributed by atoms with Gasteiger partial charge >= 0.3 is 0 Å². The van der Waals surface area contributed by atoms with Gasteiger partial charge in [-0.25, -0.2) is 0 Å². The average molecular weight is 303 g/mol. The number of aryl methyl sites for hydroxylation is 1. The van der Waals surface area contributed by atoms with Crippen LogP contribution in [0.5, 0.6) is 0 Å². The Kier molecular flexibility index (Phi) is 3.15. The molecule has 0 aliphatic carbocycles. The van der Waals surface area contributed by atoms with E-state index in [0.717, 1.165) is 38.8 Å². The largest absolute Gasteiger partial charge is 0.361 e. The molecule has 0 saturated carbocycles. The Morgan fingerprint density at radius 1 is 1.09 bits per heavy atom. The van der Waals surface area contributed by atoms with E-state index in [9.17, 15) is 4.79 Å².